The normalized spacial score (nSPS) is 11.3. The van der Waals surface area contributed by atoms with Crippen LogP contribution in [0.5, 0.6) is 0 Å². The summed E-state index contributed by atoms with van der Waals surface area (Å²) in [6.07, 6.45) is 27.8. The highest BCUT2D eigenvalue weighted by molar-refractivity contribution is 5.14. The standard InChI is InChI=1S/C30H51N2/c1-3-5-7-9-11-12-13-18-24-30-31(25-19-14-10-8-6-4-2)27-28-32(30)26-20-23-29-21-16-15-17-22-29/h15-17,21-22,27-28H,3-14,18-20,23-26H2,1-2H3/q+1. The molecule has 0 radical (unpaired) electrons. The zero-order chi connectivity index (χ0) is 22.7. The molecule has 0 unspecified atom stereocenters. The Morgan fingerprint density at radius 3 is 1.88 bits per heavy atom. The summed E-state index contributed by atoms with van der Waals surface area (Å²) in [5.41, 5.74) is 1.46. The van der Waals surface area contributed by atoms with Crippen LogP contribution in [0.25, 0.3) is 0 Å². The molecule has 1 aromatic heterocycles. The Bertz CT molecular complexity index is 673. The van der Waals surface area contributed by atoms with E-state index in [2.05, 4.69) is 65.7 Å². The van der Waals surface area contributed by atoms with Crippen molar-refractivity contribution in [2.24, 2.45) is 0 Å². The van der Waals surface area contributed by atoms with Gasteiger partial charge >= 0.3 is 0 Å². The smallest absolute Gasteiger partial charge is 0.234 e. The summed E-state index contributed by atoms with van der Waals surface area (Å²) in [5.74, 6) is 1.57. The van der Waals surface area contributed by atoms with E-state index in [4.69, 9.17) is 0 Å². The summed E-state index contributed by atoms with van der Waals surface area (Å²) in [7, 11) is 0. The van der Waals surface area contributed by atoms with E-state index < -0.39 is 0 Å². The predicted octanol–water partition coefficient (Wildman–Crippen LogP) is 8.45. The van der Waals surface area contributed by atoms with Gasteiger partial charge < -0.3 is 0 Å². The van der Waals surface area contributed by atoms with Gasteiger partial charge in [0.05, 0.1) is 13.1 Å². The third-order valence-electron chi connectivity index (χ3n) is 6.80. The van der Waals surface area contributed by atoms with Crippen molar-refractivity contribution in [3.63, 3.8) is 0 Å². The van der Waals surface area contributed by atoms with Crippen LogP contribution in [0, 0.1) is 0 Å². The number of unbranched alkanes of at least 4 members (excludes halogenated alkanes) is 12. The monoisotopic (exact) mass is 439 g/mol. The summed E-state index contributed by atoms with van der Waals surface area (Å²) >= 11 is 0. The lowest BCUT2D eigenvalue weighted by molar-refractivity contribution is -0.704. The maximum Gasteiger partial charge on any atom is 0.256 e. The Kier molecular flexibility index (Phi) is 14.9. The van der Waals surface area contributed by atoms with E-state index in [9.17, 15) is 0 Å². The minimum absolute atomic E-state index is 1.14. The molecule has 1 heterocycles. The highest BCUT2D eigenvalue weighted by Crippen LogP contribution is 2.12. The van der Waals surface area contributed by atoms with Crippen molar-refractivity contribution in [1.82, 2.24) is 4.57 Å². The number of rotatable bonds is 20. The molecule has 0 bridgehead atoms. The maximum absolute atomic E-state index is 2.57. The number of nitrogens with zero attached hydrogens (tertiary/aromatic N) is 2. The summed E-state index contributed by atoms with van der Waals surface area (Å²) in [5, 5.41) is 0. The van der Waals surface area contributed by atoms with Crippen molar-refractivity contribution in [2.75, 3.05) is 0 Å². The Hall–Kier alpha value is -1.57. The van der Waals surface area contributed by atoms with Crippen LogP contribution in [0.4, 0.5) is 0 Å². The predicted molar refractivity (Wildman–Crippen MR) is 139 cm³/mol. The van der Waals surface area contributed by atoms with Gasteiger partial charge in [0.15, 0.2) is 0 Å². The second-order valence-corrected chi connectivity index (χ2v) is 9.68. The maximum atomic E-state index is 2.57. The van der Waals surface area contributed by atoms with Crippen molar-refractivity contribution in [3.8, 4) is 0 Å². The number of benzene rings is 1. The van der Waals surface area contributed by atoms with Gasteiger partial charge in [-0.3, -0.25) is 0 Å². The Morgan fingerprint density at radius 1 is 0.625 bits per heavy atom. The zero-order valence-corrected chi connectivity index (χ0v) is 21.4. The molecule has 0 aliphatic rings. The first-order chi connectivity index (χ1) is 15.8. The minimum Gasteiger partial charge on any atom is -0.234 e. The molecule has 0 saturated heterocycles. The minimum atomic E-state index is 1.14. The lowest BCUT2D eigenvalue weighted by atomic mass is 10.1. The van der Waals surface area contributed by atoms with Crippen LogP contribution in [-0.4, -0.2) is 4.57 Å². The molecular weight excluding hydrogens is 388 g/mol. The molecule has 0 N–H and O–H groups in total. The summed E-state index contributed by atoms with van der Waals surface area (Å²) in [6.45, 7) is 6.94. The molecule has 2 nitrogen and oxygen atoms in total. The number of hydrogen-bond acceptors (Lipinski definition) is 0. The molecule has 0 saturated carbocycles. The van der Waals surface area contributed by atoms with Gasteiger partial charge in [0.2, 0.25) is 0 Å². The number of hydrogen-bond donors (Lipinski definition) is 0. The Balaban J connectivity index is 1.80. The van der Waals surface area contributed by atoms with Gasteiger partial charge in [0.1, 0.15) is 12.4 Å². The highest BCUT2D eigenvalue weighted by atomic mass is 15.1. The lowest BCUT2D eigenvalue weighted by Gasteiger charge is -2.07. The SMILES string of the molecule is CCCCCCCCCCc1n(CCCCCCCC)cc[n+]1CCCc1ccccc1. The highest BCUT2D eigenvalue weighted by Gasteiger charge is 2.16. The quantitative estimate of drug-likeness (QED) is 0.144. The number of aromatic nitrogens is 2. The fraction of sp³-hybridized carbons (Fsp3) is 0.700. The molecule has 0 atom stereocenters. The van der Waals surface area contributed by atoms with E-state index >= 15 is 0 Å². The van der Waals surface area contributed by atoms with E-state index in [1.54, 1.807) is 5.82 Å². The van der Waals surface area contributed by atoms with Crippen LogP contribution in [0.15, 0.2) is 42.7 Å². The summed E-state index contributed by atoms with van der Waals surface area (Å²) in [4.78, 5) is 0. The molecule has 2 aromatic rings. The van der Waals surface area contributed by atoms with Gasteiger partial charge in [-0.15, -0.1) is 0 Å². The van der Waals surface area contributed by atoms with Crippen molar-refractivity contribution >= 4 is 0 Å². The topological polar surface area (TPSA) is 8.81 Å². The third kappa shape index (κ3) is 11.3. The number of imidazole rings is 1. The first kappa shape index (κ1) is 26.7. The van der Waals surface area contributed by atoms with Gasteiger partial charge in [-0.25, -0.2) is 9.13 Å². The van der Waals surface area contributed by atoms with Gasteiger partial charge in [-0.05, 0) is 37.7 Å². The second-order valence-electron chi connectivity index (χ2n) is 9.68. The van der Waals surface area contributed by atoms with Crippen LogP contribution in [0.2, 0.25) is 0 Å². The van der Waals surface area contributed by atoms with Crippen molar-refractivity contribution in [3.05, 3.63) is 54.1 Å². The van der Waals surface area contributed by atoms with E-state index in [1.165, 1.54) is 121 Å². The molecule has 2 rings (SSSR count). The average molecular weight is 440 g/mol. The Labute approximate surface area is 199 Å². The Morgan fingerprint density at radius 2 is 1.22 bits per heavy atom. The van der Waals surface area contributed by atoms with Gasteiger partial charge in [0.25, 0.3) is 5.82 Å². The van der Waals surface area contributed by atoms with Crippen LogP contribution in [-0.2, 0) is 25.9 Å². The fourth-order valence-corrected chi connectivity index (χ4v) is 4.77. The zero-order valence-electron chi connectivity index (χ0n) is 21.4. The van der Waals surface area contributed by atoms with Gasteiger partial charge in [-0.2, -0.15) is 0 Å². The van der Waals surface area contributed by atoms with E-state index in [0.717, 1.165) is 6.54 Å². The first-order valence-corrected chi connectivity index (χ1v) is 14.0. The van der Waals surface area contributed by atoms with Crippen LogP contribution in [0.1, 0.15) is 122 Å². The van der Waals surface area contributed by atoms with Gasteiger partial charge in [0, 0.05) is 6.42 Å². The summed E-state index contributed by atoms with van der Waals surface area (Å²) in [6, 6.07) is 11.0. The average Bonchev–Trinajstić information content (AvgIpc) is 3.20. The van der Waals surface area contributed by atoms with E-state index in [-0.39, 0.29) is 0 Å². The van der Waals surface area contributed by atoms with Crippen LogP contribution in [0.3, 0.4) is 0 Å². The van der Waals surface area contributed by atoms with E-state index in [1.807, 2.05) is 0 Å². The molecule has 0 aliphatic carbocycles. The van der Waals surface area contributed by atoms with Crippen molar-refractivity contribution < 1.29 is 4.57 Å². The van der Waals surface area contributed by atoms with Crippen molar-refractivity contribution in [2.45, 2.75) is 136 Å². The molecule has 0 fully saturated rings. The fourth-order valence-electron chi connectivity index (χ4n) is 4.77. The number of aryl methyl sites for hydroxylation is 3. The molecule has 0 amide bonds. The largest absolute Gasteiger partial charge is 0.256 e. The van der Waals surface area contributed by atoms with Crippen molar-refractivity contribution in [1.29, 1.82) is 0 Å². The molecule has 0 spiro atoms. The molecule has 0 aliphatic heterocycles. The molecular formula is C30H51N2+. The van der Waals surface area contributed by atoms with Crippen LogP contribution < -0.4 is 4.57 Å². The molecule has 32 heavy (non-hydrogen) atoms. The first-order valence-electron chi connectivity index (χ1n) is 14.0. The molecule has 2 heteroatoms. The third-order valence-corrected chi connectivity index (χ3v) is 6.80. The molecule has 180 valence electrons. The lowest BCUT2D eigenvalue weighted by Crippen LogP contribution is -2.37. The molecule has 1 aromatic carbocycles. The van der Waals surface area contributed by atoms with Crippen LogP contribution >= 0.6 is 0 Å². The summed E-state index contributed by atoms with van der Waals surface area (Å²) < 4.78 is 5.13. The second kappa shape index (κ2) is 17.9. The van der Waals surface area contributed by atoms with E-state index in [0.29, 0.717) is 0 Å². The van der Waals surface area contributed by atoms with Gasteiger partial charge in [-0.1, -0.05) is 115 Å².